The van der Waals surface area contributed by atoms with Crippen LogP contribution in [0.1, 0.15) is 11.1 Å². The molecule has 0 saturated heterocycles. The van der Waals surface area contributed by atoms with Crippen molar-refractivity contribution in [2.24, 2.45) is 32.9 Å². The highest BCUT2D eigenvalue weighted by Crippen LogP contribution is 2.25. The summed E-state index contributed by atoms with van der Waals surface area (Å²) in [5, 5.41) is 0.891. The summed E-state index contributed by atoms with van der Waals surface area (Å²) in [6, 6.07) is 14.4. The summed E-state index contributed by atoms with van der Waals surface area (Å²) in [6.45, 7) is 0. The second-order valence-corrected chi connectivity index (χ2v) is 6.28. The molecule has 8 N–H and O–H groups in total. The Balaban J connectivity index is 0.000000303. The molecule has 8 nitrogen and oxygen atoms in total. The number of rotatable bonds is 4. The van der Waals surface area contributed by atoms with Gasteiger partial charge in [0.2, 0.25) is 0 Å². The summed E-state index contributed by atoms with van der Waals surface area (Å²) >= 11 is 11.8. The number of halogens is 2. The Kier molecular flexibility index (Phi) is 10.4. The molecule has 2 rings (SSSR count). The van der Waals surface area contributed by atoms with Crippen LogP contribution in [-0.2, 0) is 9.59 Å². The summed E-state index contributed by atoms with van der Waals surface area (Å²) in [4.78, 5) is 28.8. The molecule has 0 aromatic heterocycles. The normalized spacial score (nSPS) is 10.2. The van der Waals surface area contributed by atoms with E-state index in [4.69, 9.17) is 46.1 Å². The van der Waals surface area contributed by atoms with E-state index in [2.05, 4.69) is 9.98 Å². The summed E-state index contributed by atoms with van der Waals surface area (Å²) < 4.78 is 0. The topological polar surface area (TPSA) is 163 Å². The molecule has 0 aliphatic carbocycles. The smallest absolute Gasteiger partial charge is 0.272 e. The average molecular weight is 447 g/mol. The van der Waals surface area contributed by atoms with Crippen LogP contribution in [0.5, 0.6) is 0 Å². The van der Waals surface area contributed by atoms with Gasteiger partial charge in [0.1, 0.15) is 0 Å². The first-order valence-electron chi connectivity index (χ1n) is 8.31. The second kappa shape index (κ2) is 12.8. The van der Waals surface area contributed by atoms with E-state index in [1.807, 2.05) is 30.3 Å². The third kappa shape index (κ3) is 10.1. The molecule has 0 unspecified atom stereocenters. The van der Waals surface area contributed by atoms with E-state index in [1.165, 1.54) is 18.2 Å². The summed E-state index contributed by atoms with van der Waals surface area (Å²) in [7, 11) is 0. The first kappa shape index (κ1) is 24.4. The maximum absolute atomic E-state index is 11.1. The fraction of sp³-hybridized carbons (Fsp3) is 0. The lowest BCUT2D eigenvalue weighted by molar-refractivity contribution is -0.114. The number of aliphatic imine (C=N–C) groups is 2. The molecule has 2 aromatic carbocycles. The third-order valence-electron chi connectivity index (χ3n) is 3.09. The average Bonchev–Trinajstić information content (AvgIpc) is 2.66. The fourth-order valence-electron chi connectivity index (χ4n) is 1.89. The van der Waals surface area contributed by atoms with Crippen molar-refractivity contribution in [1.82, 2.24) is 0 Å². The summed E-state index contributed by atoms with van der Waals surface area (Å²) in [5.41, 5.74) is 21.6. The van der Waals surface area contributed by atoms with E-state index in [0.717, 1.165) is 5.56 Å². The highest BCUT2D eigenvalue weighted by Gasteiger charge is 2.02. The highest BCUT2D eigenvalue weighted by atomic mass is 35.5. The number of benzene rings is 2. The van der Waals surface area contributed by atoms with Gasteiger partial charge in [-0.2, -0.15) is 9.98 Å². The summed E-state index contributed by atoms with van der Waals surface area (Å²) in [5.74, 6) is -1.56. The number of guanidine groups is 2. The summed E-state index contributed by atoms with van der Waals surface area (Å²) in [6.07, 6.45) is 5.61. The van der Waals surface area contributed by atoms with Crippen molar-refractivity contribution in [3.8, 4) is 0 Å². The van der Waals surface area contributed by atoms with Crippen molar-refractivity contribution < 1.29 is 9.59 Å². The molecular weight excluding hydrogens is 427 g/mol. The van der Waals surface area contributed by atoms with Gasteiger partial charge in [0, 0.05) is 27.8 Å². The van der Waals surface area contributed by atoms with Gasteiger partial charge >= 0.3 is 0 Å². The molecule has 2 amide bonds. The van der Waals surface area contributed by atoms with Crippen LogP contribution < -0.4 is 22.9 Å². The molecular formula is C20H20Cl2N6O2. The van der Waals surface area contributed by atoms with E-state index in [9.17, 15) is 9.59 Å². The van der Waals surface area contributed by atoms with Crippen LogP contribution in [0.3, 0.4) is 0 Å². The van der Waals surface area contributed by atoms with Gasteiger partial charge in [0.15, 0.2) is 11.9 Å². The number of nitrogens with zero attached hydrogens (tertiary/aromatic N) is 2. The van der Waals surface area contributed by atoms with Gasteiger partial charge in [0.05, 0.1) is 0 Å². The van der Waals surface area contributed by atoms with Gasteiger partial charge in [-0.1, -0.05) is 59.6 Å². The van der Waals surface area contributed by atoms with Crippen molar-refractivity contribution in [2.45, 2.75) is 0 Å². The number of carbonyl (C=O) groups is 2. The van der Waals surface area contributed by atoms with Crippen molar-refractivity contribution in [2.75, 3.05) is 0 Å². The molecule has 0 aliphatic rings. The molecule has 156 valence electrons. The molecule has 0 atom stereocenters. The lowest BCUT2D eigenvalue weighted by atomic mass is 10.2. The quantitative estimate of drug-likeness (QED) is 0.319. The van der Waals surface area contributed by atoms with Crippen molar-refractivity contribution in [3.05, 3.63) is 81.9 Å². The molecule has 0 bridgehead atoms. The Morgan fingerprint density at radius 2 is 1.17 bits per heavy atom. The Hall–Kier alpha value is -3.62. The molecule has 30 heavy (non-hydrogen) atoms. The zero-order valence-electron chi connectivity index (χ0n) is 15.7. The minimum absolute atomic E-state index is 0.229. The van der Waals surface area contributed by atoms with Crippen LogP contribution >= 0.6 is 23.2 Å². The van der Waals surface area contributed by atoms with Crippen LogP contribution in [0, 0.1) is 0 Å². The Morgan fingerprint density at radius 3 is 1.63 bits per heavy atom. The zero-order chi connectivity index (χ0) is 22.5. The first-order chi connectivity index (χ1) is 14.2. The lowest BCUT2D eigenvalue weighted by Crippen LogP contribution is -2.23. The predicted molar refractivity (Wildman–Crippen MR) is 123 cm³/mol. The van der Waals surface area contributed by atoms with Crippen molar-refractivity contribution in [1.29, 1.82) is 0 Å². The third-order valence-corrected chi connectivity index (χ3v) is 3.75. The molecule has 0 fully saturated rings. The van der Waals surface area contributed by atoms with Crippen molar-refractivity contribution in [3.63, 3.8) is 0 Å². The van der Waals surface area contributed by atoms with Crippen LogP contribution in [0.4, 0.5) is 0 Å². The Morgan fingerprint density at radius 1 is 0.700 bits per heavy atom. The molecule has 0 aliphatic heterocycles. The van der Waals surface area contributed by atoms with Crippen molar-refractivity contribution >= 4 is 59.1 Å². The van der Waals surface area contributed by atoms with E-state index in [0.29, 0.717) is 15.6 Å². The van der Waals surface area contributed by atoms with E-state index < -0.39 is 11.8 Å². The molecule has 10 heteroatoms. The Labute approximate surface area is 183 Å². The molecule has 2 aromatic rings. The van der Waals surface area contributed by atoms with Crippen LogP contribution in [0.15, 0.2) is 70.7 Å². The monoisotopic (exact) mass is 446 g/mol. The number of hydrogen-bond donors (Lipinski definition) is 4. The minimum Gasteiger partial charge on any atom is -0.370 e. The molecule has 0 heterocycles. The molecule has 0 spiro atoms. The SMILES string of the molecule is NC(N)=NC(=O)C=Cc1c(Cl)cccc1Cl.NC(N)=NC(=O)C=Cc1ccccc1. The number of amides is 2. The van der Waals surface area contributed by atoms with E-state index in [-0.39, 0.29) is 11.9 Å². The van der Waals surface area contributed by atoms with Crippen LogP contribution in [0.2, 0.25) is 10.0 Å². The molecule has 0 radical (unpaired) electrons. The standard InChI is InChI=1S/C10H9Cl2N3O.C10H11N3O/c11-7-2-1-3-8(12)6(7)4-5-9(16)15-10(13)14;11-10(12)13-9(14)7-6-8-4-2-1-3-5-8/h1-5H,(H4,13,14,15,16);1-7H,(H4,11,12,13,14). The number of nitrogens with two attached hydrogens (primary N) is 4. The lowest BCUT2D eigenvalue weighted by Gasteiger charge is -1.99. The predicted octanol–water partition coefficient (Wildman–Crippen LogP) is 2.31. The Bertz CT molecular complexity index is 973. The van der Waals surface area contributed by atoms with Gasteiger partial charge < -0.3 is 22.9 Å². The fourth-order valence-corrected chi connectivity index (χ4v) is 2.41. The van der Waals surface area contributed by atoms with Gasteiger partial charge in [-0.05, 0) is 29.8 Å². The van der Waals surface area contributed by atoms with E-state index >= 15 is 0 Å². The number of hydrogen-bond acceptors (Lipinski definition) is 2. The molecule has 0 saturated carbocycles. The van der Waals surface area contributed by atoms with E-state index in [1.54, 1.807) is 24.3 Å². The van der Waals surface area contributed by atoms with Gasteiger partial charge in [-0.25, -0.2) is 0 Å². The van der Waals surface area contributed by atoms with Gasteiger partial charge in [-0.15, -0.1) is 0 Å². The number of carbonyl (C=O) groups excluding carboxylic acids is 2. The minimum atomic E-state index is -0.573. The second-order valence-electron chi connectivity index (χ2n) is 5.46. The zero-order valence-corrected chi connectivity index (χ0v) is 17.2. The maximum atomic E-state index is 11.1. The van der Waals surface area contributed by atoms with Crippen LogP contribution in [-0.4, -0.2) is 23.7 Å². The largest absolute Gasteiger partial charge is 0.370 e. The first-order valence-corrected chi connectivity index (χ1v) is 9.07. The highest BCUT2D eigenvalue weighted by molar-refractivity contribution is 6.37. The maximum Gasteiger partial charge on any atom is 0.272 e. The van der Waals surface area contributed by atoms with Crippen LogP contribution in [0.25, 0.3) is 12.2 Å². The van der Waals surface area contributed by atoms with Gasteiger partial charge in [0.25, 0.3) is 11.8 Å². The van der Waals surface area contributed by atoms with Gasteiger partial charge in [-0.3, -0.25) is 9.59 Å².